The van der Waals surface area contributed by atoms with E-state index in [-0.39, 0.29) is 29.2 Å². The van der Waals surface area contributed by atoms with Crippen LogP contribution in [0.1, 0.15) is 23.2 Å². The predicted octanol–water partition coefficient (Wildman–Crippen LogP) is 2.90. The number of hydrogen-bond acceptors (Lipinski definition) is 4. The van der Waals surface area contributed by atoms with E-state index in [0.29, 0.717) is 0 Å². The number of nitro benzene ring substituents is 1. The summed E-state index contributed by atoms with van der Waals surface area (Å²) in [6, 6.07) is 2.03. The van der Waals surface area contributed by atoms with Crippen molar-refractivity contribution in [3.8, 4) is 0 Å². The number of nitrogen functional groups attached to an aromatic ring is 1. The summed E-state index contributed by atoms with van der Waals surface area (Å²) in [6.45, 7) is -0.214. The second kappa shape index (κ2) is 6.61. The molecule has 116 valence electrons. The predicted molar refractivity (Wildman–Crippen MR) is 70.1 cm³/mol. The second-order valence-electron chi connectivity index (χ2n) is 4.12. The molecule has 0 spiro atoms. The number of nitrogens with two attached hydrogens (primary N) is 1. The normalized spacial score (nSPS) is 11.2. The number of carbonyl (C=O) groups excluding carboxylic acids is 1. The SMILES string of the molecule is Nc1c(Cl)cc(C(=O)NCCCC(F)(F)F)cc1[N+](=O)[O-]. The van der Waals surface area contributed by atoms with Gasteiger partial charge in [0.05, 0.1) is 9.95 Å². The van der Waals surface area contributed by atoms with E-state index in [4.69, 9.17) is 17.3 Å². The minimum absolute atomic E-state index is 0.145. The van der Waals surface area contributed by atoms with E-state index >= 15 is 0 Å². The molecule has 0 unspecified atom stereocenters. The third-order valence-electron chi connectivity index (χ3n) is 2.49. The van der Waals surface area contributed by atoms with Crippen molar-refractivity contribution in [3.05, 3.63) is 32.8 Å². The Bertz CT molecular complexity index is 564. The van der Waals surface area contributed by atoms with Crippen LogP contribution in [0.4, 0.5) is 24.5 Å². The van der Waals surface area contributed by atoms with Gasteiger partial charge < -0.3 is 11.1 Å². The first kappa shape index (κ1) is 17.0. The lowest BCUT2D eigenvalue weighted by atomic mass is 10.1. The van der Waals surface area contributed by atoms with Crippen LogP contribution in [0.3, 0.4) is 0 Å². The molecule has 0 radical (unpaired) electrons. The molecular weight excluding hydrogens is 315 g/mol. The minimum atomic E-state index is -4.30. The van der Waals surface area contributed by atoms with Gasteiger partial charge in [-0.1, -0.05) is 11.6 Å². The van der Waals surface area contributed by atoms with Gasteiger partial charge in [0.15, 0.2) is 0 Å². The molecule has 0 aliphatic carbocycles. The van der Waals surface area contributed by atoms with Crippen molar-refractivity contribution < 1.29 is 22.9 Å². The molecule has 0 saturated carbocycles. The fourth-order valence-corrected chi connectivity index (χ4v) is 1.69. The van der Waals surface area contributed by atoms with Gasteiger partial charge in [-0.2, -0.15) is 13.2 Å². The van der Waals surface area contributed by atoms with Crippen molar-refractivity contribution in [2.45, 2.75) is 19.0 Å². The third-order valence-corrected chi connectivity index (χ3v) is 2.80. The molecule has 1 rings (SSSR count). The summed E-state index contributed by atoms with van der Waals surface area (Å²) in [5.74, 6) is -0.762. The summed E-state index contributed by atoms with van der Waals surface area (Å²) in [6.07, 6.45) is -5.62. The van der Waals surface area contributed by atoms with Crippen LogP contribution in [-0.2, 0) is 0 Å². The summed E-state index contributed by atoms with van der Waals surface area (Å²) < 4.78 is 35.8. The quantitative estimate of drug-likeness (QED) is 0.376. The number of hydrogen-bond donors (Lipinski definition) is 2. The van der Waals surface area contributed by atoms with Gasteiger partial charge in [0.1, 0.15) is 5.69 Å². The highest BCUT2D eigenvalue weighted by Crippen LogP contribution is 2.30. The van der Waals surface area contributed by atoms with Gasteiger partial charge >= 0.3 is 6.18 Å². The summed E-state index contributed by atoms with van der Waals surface area (Å²) in [5, 5.41) is 12.8. The Labute approximate surface area is 122 Å². The molecule has 0 aliphatic rings. The Kier molecular flexibility index (Phi) is 5.36. The van der Waals surface area contributed by atoms with Crippen molar-refractivity contribution in [2.75, 3.05) is 12.3 Å². The molecule has 0 saturated heterocycles. The van der Waals surface area contributed by atoms with Crippen LogP contribution in [0.2, 0.25) is 5.02 Å². The highest BCUT2D eigenvalue weighted by Gasteiger charge is 2.26. The number of rotatable bonds is 5. The average Bonchev–Trinajstić information content (AvgIpc) is 2.35. The van der Waals surface area contributed by atoms with Crippen LogP contribution >= 0.6 is 11.6 Å². The summed E-state index contributed by atoms with van der Waals surface area (Å²) in [7, 11) is 0. The zero-order valence-corrected chi connectivity index (χ0v) is 11.3. The Morgan fingerprint density at radius 3 is 2.57 bits per heavy atom. The van der Waals surface area contributed by atoms with Crippen molar-refractivity contribution >= 4 is 28.9 Å². The average molecular weight is 326 g/mol. The molecule has 0 atom stereocenters. The van der Waals surface area contributed by atoms with Crippen LogP contribution in [0.25, 0.3) is 0 Å². The number of benzene rings is 1. The van der Waals surface area contributed by atoms with Crippen molar-refractivity contribution in [3.63, 3.8) is 0 Å². The van der Waals surface area contributed by atoms with Crippen molar-refractivity contribution in [2.24, 2.45) is 0 Å². The van der Waals surface area contributed by atoms with E-state index < -0.39 is 29.1 Å². The number of nitrogens with zero attached hydrogens (tertiary/aromatic N) is 1. The standard InChI is InChI=1S/C11H11ClF3N3O3/c12-7-4-6(5-8(9(7)16)18(20)21)10(19)17-3-1-2-11(13,14)15/h4-5H,1-3,16H2,(H,17,19). The van der Waals surface area contributed by atoms with Crippen LogP contribution in [0.15, 0.2) is 12.1 Å². The molecule has 0 bridgehead atoms. The number of halogens is 4. The fourth-order valence-electron chi connectivity index (χ4n) is 1.48. The summed E-state index contributed by atoms with van der Waals surface area (Å²) in [5.41, 5.74) is 4.43. The largest absolute Gasteiger partial charge is 0.392 e. The number of nitrogens with one attached hydrogen (secondary N) is 1. The molecule has 1 aromatic carbocycles. The monoisotopic (exact) mass is 325 g/mol. The molecule has 21 heavy (non-hydrogen) atoms. The first-order chi connectivity index (χ1) is 9.61. The maximum Gasteiger partial charge on any atom is 0.389 e. The number of nitro groups is 1. The van der Waals surface area contributed by atoms with Crippen molar-refractivity contribution in [1.29, 1.82) is 0 Å². The van der Waals surface area contributed by atoms with E-state index in [9.17, 15) is 28.1 Å². The zero-order chi connectivity index (χ0) is 16.2. The molecular formula is C11H11ClF3N3O3. The smallest absolute Gasteiger partial charge is 0.389 e. The zero-order valence-electron chi connectivity index (χ0n) is 10.5. The maximum atomic E-state index is 11.9. The number of alkyl halides is 3. The van der Waals surface area contributed by atoms with E-state index in [1.54, 1.807) is 0 Å². The molecule has 3 N–H and O–H groups in total. The molecule has 10 heteroatoms. The van der Waals surface area contributed by atoms with Gasteiger partial charge in [-0.15, -0.1) is 0 Å². The number of carbonyl (C=O) groups is 1. The Hall–Kier alpha value is -2.03. The Morgan fingerprint density at radius 2 is 2.05 bits per heavy atom. The highest BCUT2D eigenvalue weighted by molar-refractivity contribution is 6.34. The maximum absolute atomic E-state index is 11.9. The van der Waals surface area contributed by atoms with Gasteiger partial charge in [-0.05, 0) is 12.5 Å². The lowest BCUT2D eigenvalue weighted by molar-refractivity contribution is -0.383. The molecule has 0 aromatic heterocycles. The fraction of sp³-hybridized carbons (Fsp3) is 0.364. The molecule has 0 fully saturated rings. The molecule has 1 amide bonds. The van der Waals surface area contributed by atoms with Gasteiger partial charge in [0, 0.05) is 24.6 Å². The van der Waals surface area contributed by atoms with E-state index in [0.717, 1.165) is 12.1 Å². The van der Waals surface area contributed by atoms with E-state index in [1.165, 1.54) is 0 Å². The van der Waals surface area contributed by atoms with Crippen LogP contribution in [0, 0.1) is 10.1 Å². The van der Waals surface area contributed by atoms with Gasteiger partial charge in [-0.25, -0.2) is 0 Å². The van der Waals surface area contributed by atoms with E-state index in [2.05, 4.69) is 5.32 Å². The van der Waals surface area contributed by atoms with Gasteiger partial charge in [0.25, 0.3) is 11.6 Å². The van der Waals surface area contributed by atoms with Crippen LogP contribution in [0.5, 0.6) is 0 Å². The van der Waals surface area contributed by atoms with Crippen LogP contribution in [-0.4, -0.2) is 23.6 Å². The first-order valence-corrected chi connectivity index (χ1v) is 6.08. The number of amides is 1. The lowest BCUT2D eigenvalue weighted by Gasteiger charge is -2.08. The summed E-state index contributed by atoms with van der Waals surface area (Å²) in [4.78, 5) is 21.6. The second-order valence-corrected chi connectivity index (χ2v) is 4.53. The Balaban J connectivity index is 2.73. The highest BCUT2D eigenvalue weighted by atomic mass is 35.5. The van der Waals surface area contributed by atoms with Gasteiger partial charge in [0.2, 0.25) is 0 Å². The molecule has 6 nitrogen and oxygen atoms in total. The third kappa shape index (κ3) is 5.10. The van der Waals surface area contributed by atoms with E-state index in [1.807, 2.05) is 0 Å². The minimum Gasteiger partial charge on any atom is -0.392 e. The molecule has 0 aliphatic heterocycles. The van der Waals surface area contributed by atoms with Crippen LogP contribution < -0.4 is 11.1 Å². The number of anilines is 1. The summed E-state index contributed by atoms with van der Waals surface area (Å²) >= 11 is 5.67. The first-order valence-electron chi connectivity index (χ1n) is 5.70. The molecule has 0 heterocycles. The lowest BCUT2D eigenvalue weighted by Crippen LogP contribution is -2.25. The molecule has 1 aromatic rings. The Morgan fingerprint density at radius 1 is 1.43 bits per heavy atom. The van der Waals surface area contributed by atoms with Gasteiger partial charge in [-0.3, -0.25) is 14.9 Å². The van der Waals surface area contributed by atoms with Crippen molar-refractivity contribution in [1.82, 2.24) is 5.32 Å². The topological polar surface area (TPSA) is 98.3 Å².